The lowest BCUT2D eigenvalue weighted by Crippen LogP contribution is -2.61. The van der Waals surface area contributed by atoms with E-state index in [0.29, 0.717) is 19.4 Å². The number of nitrogens with zero attached hydrogens (tertiary/aromatic N) is 1. The molecule has 1 atom stereocenters. The van der Waals surface area contributed by atoms with Crippen molar-refractivity contribution in [3.63, 3.8) is 0 Å². The van der Waals surface area contributed by atoms with E-state index in [4.69, 9.17) is 22.7 Å². The summed E-state index contributed by atoms with van der Waals surface area (Å²) in [4.78, 5) is 2.38. The molecule has 2 fully saturated rings. The highest BCUT2D eigenvalue weighted by Gasteiger charge is 2.40. The van der Waals surface area contributed by atoms with E-state index in [0.717, 1.165) is 25.9 Å². The predicted molar refractivity (Wildman–Crippen MR) is 82.1 cm³/mol. The molecular weight excluding hydrogens is 298 g/mol. The lowest BCUT2D eigenvalue weighted by atomic mass is 9.89. The Morgan fingerprint density at radius 1 is 1.50 bits per heavy atom. The summed E-state index contributed by atoms with van der Waals surface area (Å²) in [6, 6.07) is 0. The van der Waals surface area contributed by atoms with E-state index in [2.05, 4.69) is 9.62 Å². The van der Waals surface area contributed by atoms with Gasteiger partial charge >= 0.3 is 0 Å². The van der Waals surface area contributed by atoms with Gasteiger partial charge in [0.1, 0.15) is 0 Å². The molecule has 0 aromatic rings. The number of sulfonamides is 1. The average Bonchev–Trinajstić information content (AvgIpc) is 2.83. The molecule has 0 spiro atoms. The Balaban J connectivity index is 2.05. The van der Waals surface area contributed by atoms with Crippen LogP contribution in [0, 0.1) is 0 Å². The van der Waals surface area contributed by atoms with Crippen molar-refractivity contribution in [1.82, 2.24) is 9.62 Å². The highest BCUT2D eigenvalue weighted by molar-refractivity contribution is 7.89. The molecule has 2 aliphatic heterocycles. The molecule has 0 amide bonds. The topological polar surface area (TPSA) is 84.7 Å². The van der Waals surface area contributed by atoms with Crippen LogP contribution in [0.2, 0.25) is 0 Å². The molecule has 0 aliphatic carbocycles. The van der Waals surface area contributed by atoms with Gasteiger partial charge < -0.3 is 15.4 Å². The molecule has 2 aliphatic rings. The summed E-state index contributed by atoms with van der Waals surface area (Å²) in [5.41, 5.74) is 5.04. The number of hydrogen-bond donors (Lipinski definition) is 2. The first kappa shape index (κ1) is 16.1. The average molecular weight is 321 g/mol. The molecule has 20 heavy (non-hydrogen) atoms. The Morgan fingerprint density at radius 2 is 2.15 bits per heavy atom. The molecule has 6 nitrogen and oxygen atoms in total. The van der Waals surface area contributed by atoms with E-state index in [9.17, 15) is 8.42 Å². The molecule has 8 heteroatoms. The summed E-state index contributed by atoms with van der Waals surface area (Å²) in [6.45, 7) is 2.20. The van der Waals surface area contributed by atoms with Crippen molar-refractivity contribution in [3.05, 3.63) is 0 Å². The monoisotopic (exact) mass is 321 g/mol. The van der Waals surface area contributed by atoms with Crippen molar-refractivity contribution in [3.8, 4) is 0 Å². The van der Waals surface area contributed by atoms with Crippen molar-refractivity contribution in [1.29, 1.82) is 0 Å². The number of nitrogens with one attached hydrogen (secondary N) is 1. The van der Waals surface area contributed by atoms with Crippen molar-refractivity contribution >= 4 is 27.2 Å². The molecule has 0 saturated carbocycles. The Bertz CT molecular complexity index is 453. The summed E-state index contributed by atoms with van der Waals surface area (Å²) in [7, 11) is -1.44. The molecule has 2 heterocycles. The van der Waals surface area contributed by atoms with Gasteiger partial charge in [0.2, 0.25) is 10.0 Å². The van der Waals surface area contributed by atoms with E-state index < -0.39 is 15.6 Å². The van der Waals surface area contributed by atoms with Crippen LogP contribution in [0.1, 0.15) is 25.7 Å². The van der Waals surface area contributed by atoms with E-state index in [1.54, 1.807) is 0 Å². The maximum Gasteiger partial charge on any atom is 0.215 e. The highest BCUT2D eigenvalue weighted by Crippen LogP contribution is 2.24. The smallest absolute Gasteiger partial charge is 0.215 e. The van der Waals surface area contributed by atoms with Gasteiger partial charge in [0.25, 0.3) is 0 Å². The van der Waals surface area contributed by atoms with Crippen LogP contribution in [0.15, 0.2) is 0 Å². The number of hydrogen-bond acceptors (Lipinski definition) is 5. The van der Waals surface area contributed by atoms with Crippen LogP contribution >= 0.6 is 12.2 Å². The van der Waals surface area contributed by atoms with E-state index >= 15 is 0 Å². The van der Waals surface area contributed by atoms with Crippen LogP contribution in [-0.4, -0.2) is 62.4 Å². The van der Waals surface area contributed by atoms with Gasteiger partial charge in [-0.25, -0.2) is 13.1 Å². The zero-order chi connectivity index (χ0) is 14.8. The normalized spacial score (nSPS) is 27.6. The van der Waals surface area contributed by atoms with E-state index in [1.807, 2.05) is 7.05 Å². The minimum Gasteiger partial charge on any atom is -0.392 e. The van der Waals surface area contributed by atoms with Crippen LogP contribution in [0.5, 0.6) is 0 Å². The van der Waals surface area contributed by atoms with Crippen molar-refractivity contribution < 1.29 is 13.2 Å². The zero-order valence-corrected chi connectivity index (χ0v) is 13.4. The van der Waals surface area contributed by atoms with Crippen LogP contribution in [0.25, 0.3) is 0 Å². The number of piperidine rings is 1. The van der Waals surface area contributed by atoms with Gasteiger partial charge in [-0.05, 0) is 32.7 Å². The van der Waals surface area contributed by atoms with Crippen LogP contribution < -0.4 is 10.5 Å². The minimum atomic E-state index is -3.45. The van der Waals surface area contributed by atoms with E-state index in [1.165, 1.54) is 0 Å². The maximum atomic E-state index is 12.3. The maximum absolute atomic E-state index is 12.3. The molecule has 0 radical (unpaired) electrons. The van der Waals surface area contributed by atoms with Gasteiger partial charge in [-0.3, -0.25) is 0 Å². The Kier molecular flexibility index (Phi) is 5.01. The Morgan fingerprint density at radius 3 is 2.65 bits per heavy atom. The first-order valence-electron chi connectivity index (χ1n) is 6.95. The van der Waals surface area contributed by atoms with Gasteiger partial charge in [0.15, 0.2) is 0 Å². The van der Waals surface area contributed by atoms with Crippen molar-refractivity contribution in [2.45, 2.75) is 37.3 Å². The molecule has 3 N–H and O–H groups in total. The van der Waals surface area contributed by atoms with Crippen molar-refractivity contribution in [2.75, 3.05) is 32.5 Å². The fraction of sp³-hybridized carbons (Fsp3) is 0.917. The summed E-state index contributed by atoms with van der Waals surface area (Å²) in [5.74, 6) is -0.00674. The number of likely N-dealkylation sites (tertiary alicyclic amines) is 1. The Labute approximate surface area is 126 Å². The number of rotatable bonds is 5. The van der Waals surface area contributed by atoms with Gasteiger partial charge in [-0.15, -0.1) is 0 Å². The molecule has 0 bridgehead atoms. The van der Waals surface area contributed by atoms with Gasteiger partial charge in [-0.1, -0.05) is 12.2 Å². The zero-order valence-electron chi connectivity index (χ0n) is 11.8. The highest BCUT2D eigenvalue weighted by atomic mass is 32.2. The van der Waals surface area contributed by atoms with Gasteiger partial charge in [0, 0.05) is 19.7 Å². The van der Waals surface area contributed by atoms with Crippen LogP contribution in [-0.2, 0) is 14.8 Å². The number of thiocarbonyl (C=S) groups is 1. The molecule has 0 aromatic heterocycles. The largest absolute Gasteiger partial charge is 0.392 e. The standard InChI is InChI=1S/C12H23N3O3S2/c1-15-6-4-12(5-7-15,11(13)19)14-20(16,17)9-10-3-2-8-18-10/h10,14H,2-9H2,1H3,(H2,13,19). The second-order valence-electron chi connectivity index (χ2n) is 5.77. The van der Waals surface area contributed by atoms with Crippen LogP contribution in [0.3, 0.4) is 0 Å². The van der Waals surface area contributed by atoms with Gasteiger partial charge in [0.05, 0.1) is 22.4 Å². The first-order chi connectivity index (χ1) is 9.33. The third-order valence-corrected chi connectivity index (χ3v) is 6.00. The molecule has 116 valence electrons. The summed E-state index contributed by atoms with van der Waals surface area (Å²) in [5, 5.41) is 0. The number of nitrogens with two attached hydrogens (primary N) is 1. The number of ether oxygens (including phenoxy) is 1. The molecule has 1 unspecified atom stereocenters. The fourth-order valence-corrected chi connectivity index (χ4v) is 4.82. The first-order valence-corrected chi connectivity index (χ1v) is 9.01. The predicted octanol–water partition coefficient (Wildman–Crippen LogP) is -0.165. The molecule has 2 saturated heterocycles. The second kappa shape index (κ2) is 6.23. The summed E-state index contributed by atoms with van der Waals surface area (Å²) >= 11 is 5.12. The molecular formula is C12H23N3O3S2. The minimum absolute atomic E-state index is 0.00674. The summed E-state index contributed by atoms with van der Waals surface area (Å²) < 4.78 is 32.8. The lowest BCUT2D eigenvalue weighted by molar-refractivity contribution is 0.127. The third-order valence-electron chi connectivity index (χ3n) is 4.09. The molecule has 0 aromatic carbocycles. The van der Waals surface area contributed by atoms with Crippen LogP contribution in [0.4, 0.5) is 0 Å². The van der Waals surface area contributed by atoms with E-state index in [-0.39, 0.29) is 16.8 Å². The fourth-order valence-electron chi connectivity index (χ4n) is 2.76. The Hall–Kier alpha value is -0.280. The molecule has 2 rings (SSSR count). The second-order valence-corrected chi connectivity index (χ2v) is 7.97. The van der Waals surface area contributed by atoms with Gasteiger partial charge in [-0.2, -0.15) is 0 Å². The quantitative estimate of drug-likeness (QED) is 0.684. The summed E-state index contributed by atoms with van der Waals surface area (Å²) in [6.07, 6.45) is 2.74. The third kappa shape index (κ3) is 3.88. The SMILES string of the molecule is CN1CCC(NS(=O)(=O)CC2CCCO2)(C(N)=S)CC1. The lowest BCUT2D eigenvalue weighted by Gasteiger charge is -2.40. The van der Waals surface area contributed by atoms with Crippen molar-refractivity contribution in [2.24, 2.45) is 5.73 Å².